The van der Waals surface area contributed by atoms with Crippen LogP contribution in [-0.2, 0) is 9.53 Å². The van der Waals surface area contributed by atoms with E-state index in [-0.39, 0.29) is 12.5 Å². The average molecular weight is 306 g/mol. The van der Waals surface area contributed by atoms with E-state index in [1.54, 1.807) is 11.8 Å². The highest BCUT2D eigenvalue weighted by molar-refractivity contribution is 7.99. The molecule has 1 aromatic carbocycles. The van der Waals surface area contributed by atoms with E-state index < -0.39 is 5.97 Å². The van der Waals surface area contributed by atoms with Crippen LogP contribution < -0.4 is 4.90 Å². The minimum atomic E-state index is -0.854. The molecule has 1 N–H and O–H groups in total. The van der Waals surface area contributed by atoms with Crippen LogP contribution in [0.1, 0.15) is 18.9 Å². The first-order valence-corrected chi connectivity index (χ1v) is 7.88. The Bertz CT molecular complexity index is 556. The number of morpholine rings is 1. The van der Waals surface area contributed by atoms with Crippen LogP contribution in [0.3, 0.4) is 0 Å². The fourth-order valence-corrected chi connectivity index (χ4v) is 3.27. The third-order valence-electron chi connectivity index (χ3n) is 3.36. The van der Waals surface area contributed by atoms with Gasteiger partial charge in [-0.25, -0.2) is 0 Å². The Balaban J connectivity index is 2.36. The van der Waals surface area contributed by atoms with Crippen molar-refractivity contribution in [2.45, 2.75) is 24.3 Å². The third kappa shape index (κ3) is 3.69. The lowest BCUT2D eigenvalue weighted by molar-refractivity contribution is -0.138. The van der Waals surface area contributed by atoms with Crippen molar-refractivity contribution in [2.75, 3.05) is 30.4 Å². The predicted octanol–water partition coefficient (Wildman–Crippen LogP) is 2.35. The molecule has 0 bridgehead atoms. The Kier molecular flexibility index (Phi) is 5.48. The second-order valence-corrected chi connectivity index (χ2v) is 6.02. The van der Waals surface area contributed by atoms with Crippen LogP contribution in [-0.4, -0.2) is 42.6 Å². The molecule has 1 heterocycles. The van der Waals surface area contributed by atoms with Gasteiger partial charge >= 0.3 is 5.97 Å². The molecular weight excluding hydrogens is 288 g/mol. The highest BCUT2D eigenvalue weighted by Gasteiger charge is 2.27. The summed E-state index contributed by atoms with van der Waals surface area (Å²) in [5.74, 6) is 0.0351. The Labute approximate surface area is 128 Å². The molecular formula is C15H18N2O3S. The quantitative estimate of drug-likeness (QED) is 0.842. The number of carboxylic acids is 1. The Morgan fingerprint density at radius 3 is 3.10 bits per heavy atom. The van der Waals surface area contributed by atoms with Crippen molar-refractivity contribution in [1.82, 2.24) is 0 Å². The molecule has 5 nitrogen and oxygen atoms in total. The normalized spacial score (nSPS) is 18.3. The van der Waals surface area contributed by atoms with E-state index in [2.05, 4.69) is 6.07 Å². The minimum Gasteiger partial charge on any atom is -0.481 e. The summed E-state index contributed by atoms with van der Waals surface area (Å²) < 4.78 is 5.39. The largest absolute Gasteiger partial charge is 0.481 e. The first-order chi connectivity index (χ1) is 10.2. The van der Waals surface area contributed by atoms with Crippen molar-refractivity contribution in [3.63, 3.8) is 0 Å². The lowest BCUT2D eigenvalue weighted by Gasteiger charge is -2.37. The monoisotopic (exact) mass is 306 g/mol. The molecule has 1 saturated heterocycles. The number of ether oxygens (including phenoxy) is 1. The molecule has 0 saturated carbocycles. The van der Waals surface area contributed by atoms with Gasteiger partial charge in [-0.05, 0) is 17.9 Å². The number of nitrogens with zero attached hydrogens (tertiary/aromatic N) is 2. The summed E-state index contributed by atoms with van der Waals surface area (Å²) in [6.45, 7) is 3.57. The van der Waals surface area contributed by atoms with Gasteiger partial charge in [-0.2, -0.15) is 5.26 Å². The van der Waals surface area contributed by atoms with Gasteiger partial charge in [0.05, 0.1) is 36.9 Å². The Morgan fingerprint density at radius 2 is 2.43 bits per heavy atom. The van der Waals surface area contributed by atoms with Gasteiger partial charge in [-0.1, -0.05) is 13.0 Å². The Hall–Kier alpha value is -1.71. The van der Waals surface area contributed by atoms with E-state index in [0.29, 0.717) is 25.3 Å². The van der Waals surface area contributed by atoms with Gasteiger partial charge in [0, 0.05) is 11.4 Å². The van der Waals surface area contributed by atoms with Crippen molar-refractivity contribution in [2.24, 2.45) is 0 Å². The molecule has 2 rings (SSSR count). The van der Waals surface area contributed by atoms with Gasteiger partial charge in [-0.3, -0.25) is 4.79 Å². The van der Waals surface area contributed by atoms with Crippen molar-refractivity contribution in [1.29, 1.82) is 5.26 Å². The smallest absolute Gasteiger partial charge is 0.305 e. The Morgan fingerprint density at radius 1 is 1.62 bits per heavy atom. The molecule has 0 radical (unpaired) electrons. The summed E-state index contributed by atoms with van der Waals surface area (Å²) in [7, 11) is 0. The van der Waals surface area contributed by atoms with Crippen molar-refractivity contribution in [3.05, 3.63) is 23.8 Å². The van der Waals surface area contributed by atoms with Crippen LogP contribution in [0.5, 0.6) is 0 Å². The molecule has 1 aliphatic heterocycles. The number of carbonyl (C=O) groups is 1. The molecule has 112 valence electrons. The maximum atomic E-state index is 11.0. The van der Waals surface area contributed by atoms with Crippen LogP contribution in [0.2, 0.25) is 0 Å². The third-order valence-corrected chi connectivity index (χ3v) is 4.30. The van der Waals surface area contributed by atoms with Crippen molar-refractivity contribution < 1.29 is 14.6 Å². The van der Waals surface area contributed by atoms with Crippen LogP contribution in [0, 0.1) is 11.3 Å². The number of nitriles is 1. The summed E-state index contributed by atoms with van der Waals surface area (Å²) in [5, 5.41) is 18.5. The number of carboxylic acid groups (broad SMARTS) is 1. The van der Waals surface area contributed by atoms with E-state index in [4.69, 9.17) is 9.84 Å². The molecule has 1 fully saturated rings. The number of rotatable bonds is 5. The number of hydrogen-bond acceptors (Lipinski definition) is 5. The zero-order valence-corrected chi connectivity index (χ0v) is 12.7. The van der Waals surface area contributed by atoms with Crippen LogP contribution in [0.4, 0.5) is 5.69 Å². The standard InChI is InChI=1S/C15H18N2O3S/c1-2-21-14-5-3-4-13(12(14)9-16)17-6-7-20-10-11(17)8-15(18)19/h3-5,11H,2,6-8,10H2,1H3,(H,18,19). The van der Waals surface area contributed by atoms with Gasteiger partial charge < -0.3 is 14.7 Å². The predicted molar refractivity (Wildman–Crippen MR) is 81.8 cm³/mol. The van der Waals surface area contributed by atoms with E-state index in [1.807, 2.05) is 30.0 Å². The van der Waals surface area contributed by atoms with E-state index in [9.17, 15) is 10.1 Å². The summed E-state index contributed by atoms with van der Waals surface area (Å²) in [6, 6.07) is 7.78. The summed E-state index contributed by atoms with van der Waals surface area (Å²) in [6.07, 6.45) is 0.00994. The lowest BCUT2D eigenvalue weighted by Crippen LogP contribution is -2.47. The second-order valence-electron chi connectivity index (χ2n) is 4.72. The molecule has 1 unspecified atom stereocenters. The summed E-state index contributed by atoms with van der Waals surface area (Å²) in [4.78, 5) is 14.0. The number of hydrogen-bond donors (Lipinski definition) is 1. The average Bonchev–Trinajstić information content (AvgIpc) is 2.47. The fourth-order valence-electron chi connectivity index (χ4n) is 2.49. The van der Waals surface area contributed by atoms with E-state index in [0.717, 1.165) is 16.3 Å². The van der Waals surface area contributed by atoms with Gasteiger partial charge in [-0.15, -0.1) is 11.8 Å². The molecule has 0 amide bonds. The SMILES string of the molecule is CCSc1cccc(N2CCOCC2CC(=O)O)c1C#N. The molecule has 1 aliphatic rings. The van der Waals surface area contributed by atoms with Crippen LogP contribution >= 0.6 is 11.8 Å². The zero-order chi connectivity index (χ0) is 15.2. The molecule has 0 aromatic heterocycles. The summed E-state index contributed by atoms with van der Waals surface area (Å²) in [5.41, 5.74) is 1.44. The van der Waals surface area contributed by atoms with Gasteiger partial charge in [0.2, 0.25) is 0 Å². The summed E-state index contributed by atoms with van der Waals surface area (Å²) >= 11 is 1.62. The molecule has 0 aliphatic carbocycles. The van der Waals surface area contributed by atoms with Gasteiger partial charge in [0.25, 0.3) is 0 Å². The second kappa shape index (κ2) is 7.34. The fraction of sp³-hybridized carbons (Fsp3) is 0.467. The number of anilines is 1. The van der Waals surface area contributed by atoms with E-state index in [1.165, 1.54) is 0 Å². The van der Waals surface area contributed by atoms with Gasteiger partial charge in [0.1, 0.15) is 6.07 Å². The maximum Gasteiger partial charge on any atom is 0.305 e. The molecule has 1 aromatic rings. The van der Waals surface area contributed by atoms with Crippen molar-refractivity contribution >= 4 is 23.4 Å². The molecule has 21 heavy (non-hydrogen) atoms. The first-order valence-electron chi connectivity index (χ1n) is 6.89. The number of thioether (sulfide) groups is 1. The number of aliphatic carboxylic acids is 1. The maximum absolute atomic E-state index is 11.0. The minimum absolute atomic E-state index is 0.00994. The highest BCUT2D eigenvalue weighted by Crippen LogP contribution is 2.32. The number of benzene rings is 1. The molecule has 6 heteroatoms. The lowest BCUT2D eigenvalue weighted by atomic mass is 10.1. The van der Waals surface area contributed by atoms with E-state index >= 15 is 0 Å². The van der Waals surface area contributed by atoms with Crippen molar-refractivity contribution in [3.8, 4) is 6.07 Å². The zero-order valence-electron chi connectivity index (χ0n) is 11.9. The molecule has 0 spiro atoms. The topological polar surface area (TPSA) is 73.6 Å². The van der Waals surface area contributed by atoms with Crippen LogP contribution in [0.25, 0.3) is 0 Å². The molecule has 1 atom stereocenters. The van der Waals surface area contributed by atoms with Gasteiger partial charge in [0.15, 0.2) is 0 Å². The first kappa shape index (κ1) is 15.7. The van der Waals surface area contributed by atoms with Crippen LogP contribution in [0.15, 0.2) is 23.1 Å². The highest BCUT2D eigenvalue weighted by atomic mass is 32.2.